The number of allylic oxidation sites excluding steroid dienone is 1. The molecule has 5 fully saturated rings. The predicted octanol–water partition coefficient (Wildman–Crippen LogP) is 3.72. The molecule has 1 saturated heterocycles. The van der Waals surface area contributed by atoms with Crippen LogP contribution in [0.3, 0.4) is 0 Å². The van der Waals surface area contributed by atoms with Crippen molar-refractivity contribution in [3.8, 4) is 11.5 Å². The molecular formula is C39H56O10. The molecule has 5 aliphatic carbocycles. The number of carbonyl (C=O) groups is 1. The molecule has 4 saturated carbocycles. The minimum atomic E-state index is -1.46. The summed E-state index contributed by atoms with van der Waals surface area (Å²) in [5.74, 6) is -2.67. The third-order valence-electron chi connectivity index (χ3n) is 15.0. The minimum Gasteiger partial charge on any atom is -0.508 e. The SMILES string of the molecule is CC1CCCC2(OC3CC4(O)C5=CC(=O)C6C(c7cc(O)cc(O)c7)C(O)C(OCCCO)CC6(C)C5CCC4(C)C3C2(C)O)C(O)C1C. The lowest BCUT2D eigenvalue weighted by Gasteiger charge is -2.62. The van der Waals surface area contributed by atoms with Gasteiger partial charge in [0.1, 0.15) is 17.1 Å². The van der Waals surface area contributed by atoms with E-state index in [0.29, 0.717) is 43.2 Å². The summed E-state index contributed by atoms with van der Waals surface area (Å²) in [6, 6.07) is 4.15. The third kappa shape index (κ3) is 4.73. The molecule has 15 atom stereocenters. The van der Waals surface area contributed by atoms with Gasteiger partial charge in [0.15, 0.2) is 5.78 Å². The molecular weight excluding hydrogens is 628 g/mol. The van der Waals surface area contributed by atoms with E-state index in [2.05, 4.69) is 6.92 Å². The number of aliphatic hydroxyl groups is 5. The second kappa shape index (κ2) is 11.7. The zero-order chi connectivity index (χ0) is 35.5. The Morgan fingerprint density at radius 3 is 2.35 bits per heavy atom. The maximum atomic E-state index is 14.5. The Kier molecular flexibility index (Phi) is 8.47. The number of phenols is 2. The van der Waals surface area contributed by atoms with Crippen molar-refractivity contribution in [3.05, 3.63) is 35.4 Å². The zero-order valence-electron chi connectivity index (χ0n) is 29.5. The molecule has 0 bridgehead atoms. The first kappa shape index (κ1) is 35.4. The van der Waals surface area contributed by atoms with Crippen LogP contribution in [0.25, 0.3) is 0 Å². The minimum absolute atomic E-state index is 0.0682. The first-order valence-electron chi connectivity index (χ1n) is 18.5. The van der Waals surface area contributed by atoms with E-state index in [0.717, 1.165) is 12.8 Å². The van der Waals surface area contributed by atoms with Gasteiger partial charge in [-0.3, -0.25) is 4.79 Å². The van der Waals surface area contributed by atoms with Gasteiger partial charge in [0.05, 0.1) is 35.6 Å². The Hall–Kier alpha value is -2.05. The molecule has 1 spiro atoms. The van der Waals surface area contributed by atoms with Crippen LogP contribution in [0, 0.1) is 40.4 Å². The van der Waals surface area contributed by atoms with Crippen molar-refractivity contribution >= 4 is 5.78 Å². The van der Waals surface area contributed by atoms with Crippen LogP contribution in [0.4, 0.5) is 0 Å². The second-order valence-corrected chi connectivity index (χ2v) is 17.4. The van der Waals surface area contributed by atoms with Crippen molar-refractivity contribution in [3.63, 3.8) is 0 Å². The summed E-state index contributed by atoms with van der Waals surface area (Å²) >= 11 is 0. The van der Waals surface area contributed by atoms with E-state index >= 15 is 0 Å². The molecule has 7 rings (SSSR count). The van der Waals surface area contributed by atoms with Crippen molar-refractivity contribution < 1.29 is 50.0 Å². The summed E-state index contributed by atoms with van der Waals surface area (Å²) in [6.07, 6.45) is 2.74. The summed E-state index contributed by atoms with van der Waals surface area (Å²) in [6.45, 7) is 10.1. The van der Waals surface area contributed by atoms with E-state index in [1.165, 1.54) is 18.2 Å². The van der Waals surface area contributed by atoms with Crippen LogP contribution in [-0.4, -0.2) is 96.0 Å². The van der Waals surface area contributed by atoms with Gasteiger partial charge in [-0.05, 0) is 91.5 Å². The van der Waals surface area contributed by atoms with Crippen molar-refractivity contribution in [2.24, 2.45) is 40.4 Å². The van der Waals surface area contributed by atoms with Crippen LogP contribution in [0.5, 0.6) is 11.5 Å². The van der Waals surface area contributed by atoms with E-state index in [4.69, 9.17) is 9.47 Å². The number of carbonyl (C=O) groups excluding carboxylic acids is 1. The summed E-state index contributed by atoms with van der Waals surface area (Å²) < 4.78 is 13.1. The first-order chi connectivity index (χ1) is 23.0. The van der Waals surface area contributed by atoms with Gasteiger partial charge in [0, 0.05) is 48.9 Å². The lowest BCUT2D eigenvalue weighted by atomic mass is 9.43. The quantitative estimate of drug-likeness (QED) is 0.226. The fraction of sp³-hybridized carbons (Fsp3) is 0.769. The number of ether oxygens (including phenoxy) is 2. The maximum absolute atomic E-state index is 14.5. The standard InChI is InChI=1S/C39H56O10/c1-20-8-6-10-39(34(45)21(20)2)37(5,46)33-29(49-39)19-38(47)26-17-27(43)31-30(22-14-23(41)16-24(42)15-22)32(44)28(48-13-7-12-40)18-35(31,3)25(26)9-11-36(33,38)4/h14-17,20-21,25,28-34,40-42,44-47H,6-13,18-19H2,1-5H3. The van der Waals surface area contributed by atoms with Crippen LogP contribution in [0.1, 0.15) is 97.5 Å². The number of ketones is 1. The maximum Gasteiger partial charge on any atom is 0.160 e. The van der Waals surface area contributed by atoms with E-state index in [-0.39, 0.29) is 54.7 Å². The molecule has 1 aromatic rings. The number of phenolic OH excluding ortho intramolecular Hbond substituents is 2. The van der Waals surface area contributed by atoms with Gasteiger partial charge >= 0.3 is 0 Å². The Bertz CT molecular complexity index is 1490. The highest BCUT2D eigenvalue weighted by atomic mass is 16.6. The Balaban J connectivity index is 1.29. The van der Waals surface area contributed by atoms with E-state index in [1.54, 1.807) is 13.0 Å². The number of aliphatic hydroxyl groups excluding tert-OH is 3. The van der Waals surface area contributed by atoms with Gasteiger partial charge in [-0.15, -0.1) is 0 Å². The zero-order valence-corrected chi connectivity index (χ0v) is 29.5. The van der Waals surface area contributed by atoms with Gasteiger partial charge in [-0.2, -0.15) is 0 Å². The van der Waals surface area contributed by atoms with Crippen molar-refractivity contribution in [2.45, 2.75) is 133 Å². The van der Waals surface area contributed by atoms with Crippen molar-refractivity contribution in [1.82, 2.24) is 0 Å². The summed E-state index contributed by atoms with van der Waals surface area (Å²) in [4.78, 5) is 14.5. The highest BCUT2D eigenvalue weighted by Crippen LogP contribution is 2.73. The second-order valence-electron chi connectivity index (χ2n) is 17.4. The molecule has 10 nitrogen and oxygen atoms in total. The van der Waals surface area contributed by atoms with Gasteiger partial charge < -0.3 is 45.2 Å². The number of hydrogen-bond donors (Lipinski definition) is 7. The van der Waals surface area contributed by atoms with Crippen LogP contribution < -0.4 is 0 Å². The Morgan fingerprint density at radius 2 is 1.67 bits per heavy atom. The van der Waals surface area contributed by atoms with Crippen LogP contribution >= 0.6 is 0 Å². The largest absolute Gasteiger partial charge is 0.508 e. The third-order valence-corrected chi connectivity index (χ3v) is 15.0. The van der Waals surface area contributed by atoms with Gasteiger partial charge in [0.2, 0.25) is 0 Å². The van der Waals surface area contributed by atoms with E-state index in [1.807, 2.05) is 20.8 Å². The normalized spacial score (nSPS) is 50.7. The van der Waals surface area contributed by atoms with Crippen molar-refractivity contribution in [1.29, 1.82) is 0 Å². The summed E-state index contributed by atoms with van der Waals surface area (Å²) in [7, 11) is 0. The molecule has 1 aliphatic heterocycles. The van der Waals surface area contributed by atoms with E-state index < -0.39 is 69.8 Å². The fourth-order valence-corrected chi connectivity index (χ4v) is 12.5. The molecule has 0 amide bonds. The molecule has 6 aliphatic rings. The highest BCUT2D eigenvalue weighted by Gasteiger charge is 2.79. The van der Waals surface area contributed by atoms with Gasteiger partial charge in [-0.25, -0.2) is 0 Å². The highest BCUT2D eigenvalue weighted by molar-refractivity contribution is 5.96. The molecule has 49 heavy (non-hydrogen) atoms. The van der Waals surface area contributed by atoms with Gasteiger partial charge in [-0.1, -0.05) is 40.5 Å². The van der Waals surface area contributed by atoms with Crippen LogP contribution in [-0.2, 0) is 14.3 Å². The predicted molar refractivity (Wildman–Crippen MR) is 180 cm³/mol. The Morgan fingerprint density at radius 1 is 0.980 bits per heavy atom. The average molecular weight is 685 g/mol. The molecule has 1 heterocycles. The smallest absolute Gasteiger partial charge is 0.160 e. The number of benzene rings is 1. The summed E-state index contributed by atoms with van der Waals surface area (Å²) in [5.41, 5.74) is -4.61. The molecule has 10 heteroatoms. The number of fused-ring (bicyclic) bond motifs is 7. The number of hydrogen-bond acceptors (Lipinski definition) is 10. The van der Waals surface area contributed by atoms with E-state index in [9.17, 15) is 40.5 Å². The molecule has 272 valence electrons. The molecule has 0 aromatic heterocycles. The average Bonchev–Trinajstić information content (AvgIpc) is 3.35. The lowest BCUT2D eigenvalue weighted by molar-refractivity contribution is -0.223. The topological polar surface area (TPSA) is 177 Å². The molecule has 7 N–H and O–H groups in total. The first-order valence-corrected chi connectivity index (χ1v) is 18.5. The molecule has 15 unspecified atom stereocenters. The number of aromatic hydroxyl groups is 2. The molecule has 1 aromatic carbocycles. The fourth-order valence-electron chi connectivity index (χ4n) is 12.5. The van der Waals surface area contributed by atoms with Crippen molar-refractivity contribution in [2.75, 3.05) is 13.2 Å². The van der Waals surface area contributed by atoms with Crippen LogP contribution in [0.15, 0.2) is 29.8 Å². The molecule has 0 radical (unpaired) electrons. The van der Waals surface area contributed by atoms with Gasteiger partial charge in [0.25, 0.3) is 0 Å². The Labute approximate surface area is 289 Å². The number of rotatable bonds is 5. The monoisotopic (exact) mass is 684 g/mol. The summed E-state index contributed by atoms with van der Waals surface area (Å²) in [5, 5.41) is 79.5. The lowest BCUT2D eigenvalue weighted by Crippen LogP contribution is -2.67. The van der Waals surface area contributed by atoms with Crippen LogP contribution in [0.2, 0.25) is 0 Å².